The van der Waals surface area contributed by atoms with Crippen LogP contribution in [0, 0.1) is 0 Å². The SMILES string of the molecule is NCCc1c[nH]c2ccc(CO)cc12. The highest BCUT2D eigenvalue weighted by Crippen LogP contribution is 2.20. The number of fused-ring (bicyclic) bond motifs is 1. The molecule has 0 atom stereocenters. The van der Waals surface area contributed by atoms with E-state index in [-0.39, 0.29) is 6.61 Å². The molecule has 0 saturated carbocycles. The van der Waals surface area contributed by atoms with Crippen LogP contribution in [-0.4, -0.2) is 16.6 Å². The minimum absolute atomic E-state index is 0.0865. The van der Waals surface area contributed by atoms with Gasteiger partial charge in [0.2, 0.25) is 0 Å². The molecule has 0 radical (unpaired) electrons. The molecule has 0 fully saturated rings. The summed E-state index contributed by atoms with van der Waals surface area (Å²) in [5, 5.41) is 10.2. The summed E-state index contributed by atoms with van der Waals surface area (Å²) in [5.74, 6) is 0. The second-order valence-corrected chi connectivity index (χ2v) is 3.39. The highest BCUT2D eigenvalue weighted by molar-refractivity contribution is 5.83. The van der Waals surface area contributed by atoms with E-state index < -0.39 is 0 Å². The average molecular weight is 190 g/mol. The average Bonchev–Trinajstić information content (AvgIpc) is 2.61. The largest absolute Gasteiger partial charge is 0.392 e. The van der Waals surface area contributed by atoms with Crippen LogP contribution in [0.25, 0.3) is 10.9 Å². The van der Waals surface area contributed by atoms with E-state index in [2.05, 4.69) is 4.98 Å². The van der Waals surface area contributed by atoms with Crippen LogP contribution in [0.15, 0.2) is 24.4 Å². The van der Waals surface area contributed by atoms with Crippen molar-refractivity contribution in [3.63, 3.8) is 0 Å². The van der Waals surface area contributed by atoms with Crippen LogP contribution in [0.5, 0.6) is 0 Å². The molecule has 1 aromatic heterocycles. The van der Waals surface area contributed by atoms with Crippen LogP contribution in [0.4, 0.5) is 0 Å². The van der Waals surface area contributed by atoms with Gasteiger partial charge in [-0.25, -0.2) is 0 Å². The summed E-state index contributed by atoms with van der Waals surface area (Å²) in [5.41, 5.74) is 8.78. The molecule has 14 heavy (non-hydrogen) atoms. The first-order chi connectivity index (χ1) is 6.85. The molecule has 3 heteroatoms. The Morgan fingerprint density at radius 1 is 1.36 bits per heavy atom. The Hall–Kier alpha value is -1.32. The summed E-state index contributed by atoms with van der Waals surface area (Å²) in [6, 6.07) is 5.92. The number of hydrogen-bond acceptors (Lipinski definition) is 2. The van der Waals surface area contributed by atoms with Crippen LogP contribution >= 0.6 is 0 Å². The molecule has 1 aromatic carbocycles. The van der Waals surface area contributed by atoms with Crippen molar-refractivity contribution < 1.29 is 5.11 Å². The summed E-state index contributed by atoms with van der Waals surface area (Å²) in [6.45, 7) is 0.736. The first-order valence-corrected chi connectivity index (χ1v) is 4.75. The molecular formula is C11H14N2O. The highest BCUT2D eigenvalue weighted by Gasteiger charge is 2.03. The number of nitrogens with two attached hydrogens (primary N) is 1. The number of nitrogens with one attached hydrogen (secondary N) is 1. The number of hydrogen-bond donors (Lipinski definition) is 3. The fraction of sp³-hybridized carbons (Fsp3) is 0.273. The number of rotatable bonds is 3. The lowest BCUT2D eigenvalue weighted by molar-refractivity contribution is 0.282. The molecule has 0 amide bonds. The van der Waals surface area contributed by atoms with Crippen molar-refractivity contribution in [1.82, 2.24) is 4.98 Å². The molecule has 0 aliphatic carbocycles. The fourth-order valence-electron chi connectivity index (χ4n) is 1.69. The van der Waals surface area contributed by atoms with Crippen molar-refractivity contribution in [2.45, 2.75) is 13.0 Å². The number of aromatic nitrogens is 1. The van der Waals surface area contributed by atoms with Gasteiger partial charge >= 0.3 is 0 Å². The Balaban J connectivity index is 2.52. The second kappa shape index (κ2) is 3.82. The summed E-state index contributed by atoms with van der Waals surface area (Å²) in [7, 11) is 0. The van der Waals surface area contributed by atoms with Gasteiger partial charge in [-0.3, -0.25) is 0 Å². The predicted octanol–water partition coefficient (Wildman–Crippen LogP) is 1.16. The quantitative estimate of drug-likeness (QED) is 0.680. The van der Waals surface area contributed by atoms with E-state index >= 15 is 0 Å². The third-order valence-corrected chi connectivity index (χ3v) is 2.43. The zero-order valence-corrected chi connectivity index (χ0v) is 7.96. The van der Waals surface area contributed by atoms with Crippen molar-refractivity contribution in [3.05, 3.63) is 35.5 Å². The number of aliphatic hydroxyl groups is 1. The van der Waals surface area contributed by atoms with Crippen molar-refractivity contribution in [1.29, 1.82) is 0 Å². The van der Waals surface area contributed by atoms with Gasteiger partial charge in [0.15, 0.2) is 0 Å². The van der Waals surface area contributed by atoms with Gasteiger partial charge in [-0.15, -0.1) is 0 Å². The Bertz CT molecular complexity index is 434. The lowest BCUT2D eigenvalue weighted by Gasteiger charge is -1.98. The summed E-state index contributed by atoms with van der Waals surface area (Å²) < 4.78 is 0. The zero-order chi connectivity index (χ0) is 9.97. The van der Waals surface area contributed by atoms with Gasteiger partial charge in [0.05, 0.1) is 6.61 Å². The Kier molecular flexibility index (Phi) is 2.52. The first-order valence-electron chi connectivity index (χ1n) is 4.75. The molecule has 0 spiro atoms. The first kappa shape index (κ1) is 9.24. The standard InChI is InChI=1S/C11H14N2O/c12-4-3-9-6-13-11-2-1-8(7-14)5-10(9)11/h1-2,5-6,13-14H,3-4,7,12H2. The molecule has 0 aliphatic rings. The van der Waals surface area contributed by atoms with Crippen molar-refractivity contribution >= 4 is 10.9 Å². The Labute approximate surface area is 82.6 Å². The van der Waals surface area contributed by atoms with Gasteiger partial charge in [0.1, 0.15) is 0 Å². The maximum atomic E-state index is 9.02. The second-order valence-electron chi connectivity index (χ2n) is 3.39. The number of aromatic amines is 1. The normalized spacial score (nSPS) is 11.0. The fourth-order valence-corrected chi connectivity index (χ4v) is 1.69. The number of benzene rings is 1. The van der Waals surface area contributed by atoms with Crippen molar-refractivity contribution in [2.24, 2.45) is 5.73 Å². The van der Waals surface area contributed by atoms with E-state index in [1.165, 1.54) is 10.9 Å². The molecule has 4 N–H and O–H groups in total. The minimum atomic E-state index is 0.0865. The summed E-state index contributed by atoms with van der Waals surface area (Å²) in [6.07, 6.45) is 2.85. The van der Waals surface area contributed by atoms with E-state index in [1.54, 1.807) is 0 Å². The van der Waals surface area contributed by atoms with Crippen molar-refractivity contribution in [2.75, 3.05) is 6.54 Å². The Morgan fingerprint density at radius 2 is 2.21 bits per heavy atom. The highest BCUT2D eigenvalue weighted by atomic mass is 16.3. The van der Waals surface area contributed by atoms with Crippen molar-refractivity contribution in [3.8, 4) is 0 Å². The van der Waals surface area contributed by atoms with E-state index in [0.29, 0.717) is 6.54 Å². The van der Waals surface area contributed by atoms with Gasteiger partial charge < -0.3 is 15.8 Å². The van der Waals surface area contributed by atoms with Crippen LogP contribution in [0.1, 0.15) is 11.1 Å². The predicted molar refractivity (Wildman–Crippen MR) is 57.0 cm³/mol. The van der Waals surface area contributed by atoms with Gasteiger partial charge in [-0.05, 0) is 36.2 Å². The maximum absolute atomic E-state index is 9.02. The zero-order valence-electron chi connectivity index (χ0n) is 7.96. The molecule has 2 aromatic rings. The minimum Gasteiger partial charge on any atom is -0.392 e. The smallest absolute Gasteiger partial charge is 0.0682 e. The molecule has 3 nitrogen and oxygen atoms in total. The van der Waals surface area contributed by atoms with E-state index in [9.17, 15) is 0 Å². The van der Waals surface area contributed by atoms with Crippen LogP contribution in [0.3, 0.4) is 0 Å². The van der Waals surface area contributed by atoms with E-state index in [0.717, 1.165) is 17.5 Å². The lowest BCUT2D eigenvalue weighted by atomic mass is 10.1. The van der Waals surface area contributed by atoms with Gasteiger partial charge in [0, 0.05) is 17.1 Å². The summed E-state index contributed by atoms with van der Waals surface area (Å²) in [4.78, 5) is 3.19. The molecule has 1 heterocycles. The van der Waals surface area contributed by atoms with Crippen LogP contribution in [-0.2, 0) is 13.0 Å². The van der Waals surface area contributed by atoms with E-state index in [4.69, 9.17) is 10.8 Å². The third kappa shape index (κ3) is 1.52. The number of H-pyrrole nitrogens is 1. The Morgan fingerprint density at radius 3 is 2.93 bits per heavy atom. The molecule has 0 saturated heterocycles. The topological polar surface area (TPSA) is 62.0 Å². The molecule has 0 bridgehead atoms. The maximum Gasteiger partial charge on any atom is 0.0682 e. The third-order valence-electron chi connectivity index (χ3n) is 2.43. The summed E-state index contributed by atoms with van der Waals surface area (Å²) >= 11 is 0. The molecule has 2 rings (SSSR count). The molecule has 74 valence electrons. The monoisotopic (exact) mass is 190 g/mol. The van der Waals surface area contributed by atoms with Crippen LogP contribution in [0.2, 0.25) is 0 Å². The molecular weight excluding hydrogens is 176 g/mol. The molecule has 0 aliphatic heterocycles. The van der Waals surface area contributed by atoms with Gasteiger partial charge in [-0.1, -0.05) is 6.07 Å². The lowest BCUT2D eigenvalue weighted by Crippen LogP contribution is -2.01. The van der Waals surface area contributed by atoms with E-state index in [1.807, 2.05) is 24.4 Å². The van der Waals surface area contributed by atoms with Crippen LogP contribution < -0.4 is 5.73 Å². The molecule has 0 unspecified atom stereocenters. The van der Waals surface area contributed by atoms with Gasteiger partial charge in [0.25, 0.3) is 0 Å². The van der Waals surface area contributed by atoms with Gasteiger partial charge in [-0.2, -0.15) is 0 Å². The number of aliphatic hydroxyl groups excluding tert-OH is 1.